The van der Waals surface area contributed by atoms with E-state index in [9.17, 15) is 13.2 Å². The highest BCUT2D eigenvalue weighted by molar-refractivity contribution is 7.90. The number of hydrogen-bond acceptors (Lipinski definition) is 4. The summed E-state index contributed by atoms with van der Waals surface area (Å²) in [6, 6.07) is 0.115. The van der Waals surface area contributed by atoms with Crippen LogP contribution in [0, 0.1) is 12.3 Å². The van der Waals surface area contributed by atoms with E-state index < -0.39 is 15.9 Å². The van der Waals surface area contributed by atoms with Crippen LogP contribution in [0.1, 0.15) is 63.1 Å². The van der Waals surface area contributed by atoms with Crippen molar-refractivity contribution < 1.29 is 13.2 Å². The summed E-state index contributed by atoms with van der Waals surface area (Å²) < 4.78 is 27.7. The molecule has 0 aliphatic heterocycles. The van der Waals surface area contributed by atoms with Crippen LogP contribution in [0.4, 0.5) is 0 Å². The second-order valence-electron chi connectivity index (χ2n) is 6.74. The first-order valence-corrected chi connectivity index (χ1v) is 8.67. The molecule has 0 aliphatic carbocycles. The third-order valence-electron chi connectivity index (χ3n) is 3.15. The summed E-state index contributed by atoms with van der Waals surface area (Å²) >= 11 is 0. The van der Waals surface area contributed by atoms with Crippen molar-refractivity contribution in [3.8, 4) is 0 Å². The predicted molar refractivity (Wildman–Crippen MR) is 82.7 cm³/mol. The molecule has 1 N–H and O–H groups in total. The molecule has 0 saturated heterocycles. The van der Waals surface area contributed by atoms with Gasteiger partial charge in [-0.1, -0.05) is 20.8 Å². The van der Waals surface area contributed by atoms with Crippen LogP contribution < -0.4 is 4.72 Å². The molecule has 0 bridgehead atoms. The highest BCUT2D eigenvalue weighted by Gasteiger charge is 2.22. The molecule has 0 unspecified atom stereocenters. The second kappa shape index (κ2) is 6.17. The van der Waals surface area contributed by atoms with Gasteiger partial charge in [-0.3, -0.25) is 9.48 Å². The van der Waals surface area contributed by atoms with Crippen molar-refractivity contribution in [1.29, 1.82) is 0 Å². The quantitative estimate of drug-likeness (QED) is 0.903. The standard InChI is InChI=1S/C14H25N3O3S/c1-10(2)17-11(3)12(9-15-17)13(18)16-21(19,20)8-7-14(4,5)6/h9-10H,7-8H2,1-6H3,(H,16,18). The minimum Gasteiger partial charge on any atom is -0.268 e. The zero-order chi connectivity index (χ0) is 16.4. The smallest absolute Gasteiger partial charge is 0.268 e. The Bertz CT molecular complexity index is 610. The van der Waals surface area contributed by atoms with E-state index in [0.717, 1.165) is 0 Å². The fraction of sp³-hybridized carbons (Fsp3) is 0.714. The average molecular weight is 315 g/mol. The molecule has 1 rings (SSSR count). The van der Waals surface area contributed by atoms with Crippen LogP contribution in [0.3, 0.4) is 0 Å². The molecule has 1 heterocycles. The molecule has 0 atom stereocenters. The van der Waals surface area contributed by atoms with Gasteiger partial charge in [-0.25, -0.2) is 13.1 Å². The van der Waals surface area contributed by atoms with Gasteiger partial charge in [0.2, 0.25) is 10.0 Å². The van der Waals surface area contributed by atoms with Crippen molar-refractivity contribution in [3.05, 3.63) is 17.5 Å². The van der Waals surface area contributed by atoms with Gasteiger partial charge in [0.05, 0.1) is 17.5 Å². The van der Waals surface area contributed by atoms with Gasteiger partial charge in [0.25, 0.3) is 5.91 Å². The summed E-state index contributed by atoms with van der Waals surface area (Å²) in [7, 11) is -3.63. The highest BCUT2D eigenvalue weighted by atomic mass is 32.2. The summed E-state index contributed by atoms with van der Waals surface area (Å²) in [6.45, 7) is 11.5. The molecule has 1 aromatic heterocycles. The van der Waals surface area contributed by atoms with E-state index >= 15 is 0 Å². The van der Waals surface area contributed by atoms with E-state index in [0.29, 0.717) is 17.7 Å². The molecule has 6 nitrogen and oxygen atoms in total. The van der Waals surface area contributed by atoms with Crippen molar-refractivity contribution in [2.24, 2.45) is 5.41 Å². The second-order valence-corrected chi connectivity index (χ2v) is 8.58. The zero-order valence-corrected chi connectivity index (χ0v) is 14.4. The summed E-state index contributed by atoms with van der Waals surface area (Å²) in [6.07, 6.45) is 1.89. The third-order valence-corrected chi connectivity index (χ3v) is 4.39. The van der Waals surface area contributed by atoms with E-state index in [-0.39, 0.29) is 17.2 Å². The van der Waals surface area contributed by atoms with E-state index in [1.54, 1.807) is 11.6 Å². The summed E-state index contributed by atoms with van der Waals surface area (Å²) in [5.74, 6) is -0.687. The maximum Gasteiger partial charge on any atom is 0.268 e. The molecule has 0 spiro atoms. The van der Waals surface area contributed by atoms with Crippen LogP contribution in [0.5, 0.6) is 0 Å². The Labute approximate surface area is 127 Å². The highest BCUT2D eigenvalue weighted by Crippen LogP contribution is 2.19. The first-order chi connectivity index (χ1) is 9.43. The molecule has 0 aromatic carbocycles. The SMILES string of the molecule is Cc1c(C(=O)NS(=O)(=O)CCC(C)(C)C)cnn1C(C)C. The maximum absolute atomic E-state index is 12.1. The predicted octanol–water partition coefficient (Wildman–Crippen LogP) is 2.27. The van der Waals surface area contributed by atoms with Gasteiger partial charge < -0.3 is 0 Å². The summed E-state index contributed by atoms with van der Waals surface area (Å²) in [4.78, 5) is 12.1. The van der Waals surface area contributed by atoms with Gasteiger partial charge in [-0.05, 0) is 32.6 Å². The van der Waals surface area contributed by atoms with E-state index in [1.807, 2.05) is 34.6 Å². The molecule has 0 radical (unpaired) electrons. The van der Waals surface area contributed by atoms with Crippen molar-refractivity contribution in [3.63, 3.8) is 0 Å². The zero-order valence-electron chi connectivity index (χ0n) is 13.6. The van der Waals surface area contributed by atoms with Crippen molar-refractivity contribution in [2.45, 2.75) is 54.0 Å². The first-order valence-electron chi connectivity index (χ1n) is 7.02. The average Bonchev–Trinajstić information content (AvgIpc) is 2.67. The molecular weight excluding hydrogens is 290 g/mol. The molecule has 0 saturated carbocycles. The molecule has 120 valence electrons. The van der Waals surface area contributed by atoms with E-state index in [2.05, 4.69) is 9.82 Å². The number of carbonyl (C=O) groups excluding carboxylic acids is 1. The molecule has 21 heavy (non-hydrogen) atoms. The van der Waals surface area contributed by atoms with Crippen molar-refractivity contribution in [2.75, 3.05) is 5.75 Å². The lowest BCUT2D eigenvalue weighted by Gasteiger charge is -2.17. The van der Waals surface area contributed by atoms with Gasteiger partial charge in [-0.15, -0.1) is 0 Å². The Morgan fingerprint density at radius 1 is 1.38 bits per heavy atom. The van der Waals surface area contributed by atoms with Crippen molar-refractivity contribution >= 4 is 15.9 Å². The van der Waals surface area contributed by atoms with Gasteiger partial charge in [0, 0.05) is 11.7 Å². The van der Waals surface area contributed by atoms with E-state index in [1.165, 1.54) is 6.20 Å². The normalized spacial score (nSPS) is 12.7. The van der Waals surface area contributed by atoms with Gasteiger partial charge in [-0.2, -0.15) is 5.10 Å². The topological polar surface area (TPSA) is 81.1 Å². The number of carbonyl (C=O) groups is 1. The number of nitrogens with one attached hydrogen (secondary N) is 1. The molecule has 0 fully saturated rings. The van der Waals surface area contributed by atoms with Gasteiger partial charge >= 0.3 is 0 Å². The number of sulfonamides is 1. The van der Waals surface area contributed by atoms with Crippen LogP contribution in [0.15, 0.2) is 6.20 Å². The molecule has 1 aromatic rings. The van der Waals surface area contributed by atoms with E-state index in [4.69, 9.17) is 0 Å². The molecule has 0 aliphatic rings. The lowest BCUT2D eigenvalue weighted by molar-refractivity contribution is 0.0980. The lowest BCUT2D eigenvalue weighted by Crippen LogP contribution is -2.34. The lowest BCUT2D eigenvalue weighted by atomic mass is 9.94. The summed E-state index contributed by atoms with van der Waals surface area (Å²) in [5.41, 5.74) is 0.854. The Balaban J connectivity index is 2.82. The number of amides is 1. The Morgan fingerprint density at radius 3 is 2.38 bits per heavy atom. The molecule has 7 heteroatoms. The number of hydrogen-bond donors (Lipinski definition) is 1. The summed E-state index contributed by atoms with van der Waals surface area (Å²) in [5, 5.41) is 4.11. The Kier molecular flexibility index (Phi) is 5.20. The Morgan fingerprint density at radius 2 is 1.95 bits per heavy atom. The Hall–Kier alpha value is -1.37. The van der Waals surface area contributed by atoms with Gasteiger partial charge in [0.1, 0.15) is 0 Å². The van der Waals surface area contributed by atoms with Crippen LogP contribution in [0.25, 0.3) is 0 Å². The minimum atomic E-state index is -3.63. The molecular formula is C14H25N3O3S. The third kappa shape index (κ3) is 5.15. The van der Waals surface area contributed by atoms with Crippen LogP contribution in [-0.4, -0.2) is 29.9 Å². The minimum absolute atomic E-state index is 0.0698. The fourth-order valence-electron chi connectivity index (χ4n) is 1.85. The van der Waals surface area contributed by atoms with Crippen LogP contribution in [0.2, 0.25) is 0 Å². The van der Waals surface area contributed by atoms with Crippen molar-refractivity contribution in [1.82, 2.24) is 14.5 Å². The van der Waals surface area contributed by atoms with Crippen LogP contribution in [-0.2, 0) is 10.0 Å². The number of aromatic nitrogens is 2. The number of rotatable bonds is 5. The van der Waals surface area contributed by atoms with Crippen LogP contribution >= 0.6 is 0 Å². The monoisotopic (exact) mass is 315 g/mol. The maximum atomic E-state index is 12.1. The van der Waals surface area contributed by atoms with Gasteiger partial charge in [0.15, 0.2) is 0 Å². The fourth-order valence-corrected chi connectivity index (χ4v) is 3.23. The molecule has 1 amide bonds. The number of nitrogens with zero attached hydrogens (tertiary/aromatic N) is 2. The largest absolute Gasteiger partial charge is 0.268 e. The first kappa shape index (κ1) is 17.7.